The summed E-state index contributed by atoms with van der Waals surface area (Å²) in [5, 5.41) is 3.06. The van der Waals surface area contributed by atoms with Crippen molar-refractivity contribution in [2.24, 2.45) is 0 Å². The van der Waals surface area contributed by atoms with E-state index in [2.05, 4.69) is 41.7 Å². The molecule has 0 heterocycles. The van der Waals surface area contributed by atoms with Crippen molar-refractivity contribution in [3.63, 3.8) is 0 Å². The largest absolute Gasteiger partial charge is 0.496 e. The van der Waals surface area contributed by atoms with Crippen LogP contribution < -0.4 is 10.1 Å². The van der Waals surface area contributed by atoms with E-state index in [0.29, 0.717) is 6.42 Å². The van der Waals surface area contributed by atoms with Gasteiger partial charge in [-0.1, -0.05) is 72.8 Å². The first-order valence-electron chi connectivity index (χ1n) is 8.74. The molecule has 0 fully saturated rings. The number of hydrogen-bond donors (Lipinski definition) is 1. The molecule has 1 atom stereocenters. The van der Waals surface area contributed by atoms with Gasteiger partial charge in [-0.25, -0.2) is 0 Å². The highest BCUT2D eigenvalue weighted by Crippen LogP contribution is 2.22. The van der Waals surface area contributed by atoms with E-state index in [9.17, 15) is 4.79 Å². The summed E-state index contributed by atoms with van der Waals surface area (Å²) >= 11 is 0. The first-order valence-corrected chi connectivity index (χ1v) is 8.74. The molecule has 3 nitrogen and oxygen atoms in total. The Hall–Kier alpha value is -3.07. The minimum Gasteiger partial charge on any atom is -0.496 e. The van der Waals surface area contributed by atoms with Crippen LogP contribution in [0.15, 0.2) is 78.9 Å². The number of hydrogen-bond acceptors (Lipinski definition) is 2. The number of para-hydroxylation sites is 1. The molecule has 3 aromatic rings. The van der Waals surface area contributed by atoms with Crippen LogP contribution in [0.4, 0.5) is 0 Å². The first-order chi connectivity index (χ1) is 12.7. The zero-order valence-corrected chi connectivity index (χ0v) is 15.1. The minimum absolute atomic E-state index is 0.0193. The van der Waals surface area contributed by atoms with Crippen molar-refractivity contribution in [3.05, 3.63) is 90.0 Å². The molecule has 3 rings (SSSR count). The van der Waals surface area contributed by atoms with E-state index >= 15 is 0 Å². The molecule has 1 amide bonds. The Bertz CT molecular complexity index is 857. The Kier molecular flexibility index (Phi) is 5.69. The predicted molar refractivity (Wildman–Crippen MR) is 105 cm³/mol. The molecule has 0 spiro atoms. The van der Waals surface area contributed by atoms with Gasteiger partial charge in [0.05, 0.1) is 19.6 Å². The van der Waals surface area contributed by atoms with Gasteiger partial charge in [-0.3, -0.25) is 4.79 Å². The Balaban J connectivity index is 1.64. The van der Waals surface area contributed by atoms with Crippen molar-refractivity contribution in [1.29, 1.82) is 0 Å². The van der Waals surface area contributed by atoms with Crippen molar-refractivity contribution >= 4 is 5.91 Å². The summed E-state index contributed by atoms with van der Waals surface area (Å²) in [5.41, 5.74) is 4.32. The molecule has 3 aromatic carbocycles. The Labute approximate surface area is 154 Å². The Morgan fingerprint density at radius 3 is 2.19 bits per heavy atom. The summed E-state index contributed by atoms with van der Waals surface area (Å²) in [5.74, 6) is 0.719. The molecule has 26 heavy (non-hydrogen) atoms. The summed E-state index contributed by atoms with van der Waals surface area (Å²) < 4.78 is 5.31. The van der Waals surface area contributed by atoms with Gasteiger partial charge < -0.3 is 10.1 Å². The molecule has 0 saturated carbocycles. The predicted octanol–water partition coefficient (Wildman–Crippen LogP) is 4.78. The lowest BCUT2D eigenvalue weighted by Crippen LogP contribution is -2.28. The van der Waals surface area contributed by atoms with E-state index in [-0.39, 0.29) is 11.9 Å². The van der Waals surface area contributed by atoms with Crippen LogP contribution in [0.5, 0.6) is 5.75 Å². The molecule has 0 bridgehead atoms. The highest BCUT2D eigenvalue weighted by atomic mass is 16.5. The monoisotopic (exact) mass is 345 g/mol. The zero-order valence-electron chi connectivity index (χ0n) is 15.1. The van der Waals surface area contributed by atoms with Crippen molar-refractivity contribution in [1.82, 2.24) is 5.32 Å². The maximum Gasteiger partial charge on any atom is 0.225 e. The zero-order chi connectivity index (χ0) is 18.4. The molecular weight excluding hydrogens is 322 g/mol. The van der Waals surface area contributed by atoms with E-state index in [4.69, 9.17) is 4.74 Å². The van der Waals surface area contributed by atoms with Crippen molar-refractivity contribution in [2.75, 3.05) is 7.11 Å². The molecule has 0 saturated heterocycles. The second-order valence-electron chi connectivity index (χ2n) is 6.27. The molecule has 0 aliphatic rings. The van der Waals surface area contributed by atoms with Gasteiger partial charge in [0.25, 0.3) is 0 Å². The number of carbonyl (C=O) groups excluding carboxylic acids is 1. The quantitative estimate of drug-likeness (QED) is 0.698. The summed E-state index contributed by atoms with van der Waals surface area (Å²) in [6.07, 6.45) is 0.302. The van der Waals surface area contributed by atoms with Crippen molar-refractivity contribution in [2.45, 2.75) is 19.4 Å². The third-order valence-corrected chi connectivity index (χ3v) is 4.44. The third-order valence-electron chi connectivity index (χ3n) is 4.44. The Morgan fingerprint density at radius 2 is 1.50 bits per heavy atom. The minimum atomic E-state index is -0.0537. The maximum absolute atomic E-state index is 12.4. The summed E-state index contributed by atoms with van der Waals surface area (Å²) in [7, 11) is 1.62. The van der Waals surface area contributed by atoms with Gasteiger partial charge in [-0.2, -0.15) is 0 Å². The van der Waals surface area contributed by atoms with Crippen LogP contribution in [0.3, 0.4) is 0 Å². The average Bonchev–Trinajstić information content (AvgIpc) is 2.69. The molecule has 0 aromatic heterocycles. The van der Waals surface area contributed by atoms with Gasteiger partial charge in [0.2, 0.25) is 5.91 Å². The van der Waals surface area contributed by atoms with Crippen LogP contribution in [-0.2, 0) is 11.2 Å². The lowest BCUT2D eigenvalue weighted by molar-refractivity contribution is -0.121. The highest BCUT2D eigenvalue weighted by molar-refractivity contribution is 5.79. The van der Waals surface area contributed by atoms with Crippen LogP contribution in [0.1, 0.15) is 24.1 Å². The average molecular weight is 345 g/mol. The van der Waals surface area contributed by atoms with Crippen molar-refractivity contribution in [3.8, 4) is 16.9 Å². The van der Waals surface area contributed by atoms with Gasteiger partial charge in [0.1, 0.15) is 5.75 Å². The Morgan fingerprint density at radius 1 is 0.885 bits per heavy atom. The van der Waals surface area contributed by atoms with Gasteiger partial charge in [0.15, 0.2) is 0 Å². The fraction of sp³-hybridized carbons (Fsp3) is 0.174. The van der Waals surface area contributed by atoms with Crippen LogP contribution >= 0.6 is 0 Å². The van der Waals surface area contributed by atoms with E-state index in [1.54, 1.807) is 7.11 Å². The second kappa shape index (κ2) is 8.34. The number of carbonyl (C=O) groups is 1. The van der Waals surface area contributed by atoms with E-state index in [0.717, 1.165) is 16.9 Å². The van der Waals surface area contributed by atoms with Crippen molar-refractivity contribution < 1.29 is 9.53 Å². The van der Waals surface area contributed by atoms with Crippen LogP contribution in [0.25, 0.3) is 11.1 Å². The van der Waals surface area contributed by atoms with E-state index in [1.807, 2.05) is 49.4 Å². The number of nitrogens with one attached hydrogen (secondary N) is 1. The summed E-state index contributed by atoms with van der Waals surface area (Å²) in [6.45, 7) is 2.00. The molecule has 0 radical (unpaired) electrons. The number of amides is 1. The maximum atomic E-state index is 12.4. The SMILES string of the molecule is COc1ccccc1CC(=O)NC(C)c1ccc(-c2ccccc2)cc1. The van der Waals surface area contributed by atoms with E-state index in [1.165, 1.54) is 11.1 Å². The normalized spacial score (nSPS) is 11.6. The van der Waals surface area contributed by atoms with Gasteiger partial charge in [0, 0.05) is 5.56 Å². The van der Waals surface area contributed by atoms with Crippen LogP contribution in [-0.4, -0.2) is 13.0 Å². The molecule has 1 N–H and O–H groups in total. The number of ether oxygens (including phenoxy) is 1. The standard InChI is InChI=1S/C23H23NO2/c1-17(24-23(25)16-21-10-6-7-11-22(21)26-2)18-12-14-20(15-13-18)19-8-4-3-5-9-19/h3-15,17H,16H2,1-2H3,(H,24,25). The van der Waals surface area contributed by atoms with Gasteiger partial charge in [-0.05, 0) is 29.7 Å². The first kappa shape index (κ1) is 17.7. The lowest BCUT2D eigenvalue weighted by Gasteiger charge is -2.16. The summed E-state index contributed by atoms with van der Waals surface area (Å²) in [4.78, 5) is 12.4. The fourth-order valence-electron chi connectivity index (χ4n) is 2.99. The molecular formula is C23H23NO2. The second-order valence-corrected chi connectivity index (χ2v) is 6.27. The molecule has 0 aliphatic carbocycles. The smallest absolute Gasteiger partial charge is 0.225 e. The number of benzene rings is 3. The summed E-state index contributed by atoms with van der Waals surface area (Å²) in [6, 6.07) is 26.1. The molecule has 3 heteroatoms. The molecule has 0 aliphatic heterocycles. The molecule has 132 valence electrons. The number of methoxy groups -OCH3 is 1. The molecule has 1 unspecified atom stereocenters. The highest BCUT2D eigenvalue weighted by Gasteiger charge is 2.12. The van der Waals surface area contributed by atoms with Crippen LogP contribution in [0, 0.1) is 0 Å². The third kappa shape index (κ3) is 4.31. The van der Waals surface area contributed by atoms with Gasteiger partial charge in [-0.15, -0.1) is 0 Å². The van der Waals surface area contributed by atoms with Crippen LogP contribution in [0.2, 0.25) is 0 Å². The fourth-order valence-corrected chi connectivity index (χ4v) is 2.99. The number of rotatable bonds is 6. The van der Waals surface area contributed by atoms with Gasteiger partial charge >= 0.3 is 0 Å². The van der Waals surface area contributed by atoms with E-state index < -0.39 is 0 Å². The lowest BCUT2D eigenvalue weighted by atomic mass is 10.0. The topological polar surface area (TPSA) is 38.3 Å².